The molecule has 0 aliphatic rings. The average Bonchev–Trinajstić information content (AvgIpc) is 3.50. The van der Waals surface area contributed by atoms with Crippen molar-refractivity contribution in [3.05, 3.63) is 115 Å². The van der Waals surface area contributed by atoms with E-state index in [4.69, 9.17) is 18.8 Å². The topological polar surface area (TPSA) is 55.3 Å². The van der Waals surface area contributed by atoms with Gasteiger partial charge in [0.05, 0.1) is 0 Å². The minimum atomic E-state index is 0.592. The largest absolute Gasteiger partial charge is 0.456 e. The van der Waals surface area contributed by atoms with Crippen molar-refractivity contribution in [3.8, 4) is 0 Å². The molecule has 4 aromatic heterocycles. The second-order valence-corrected chi connectivity index (χ2v) is 9.12. The summed E-state index contributed by atoms with van der Waals surface area (Å²) in [5, 5.41) is 6.38. The Morgan fingerprint density at radius 2 is 1.24 bits per heavy atom. The average molecular weight is 478 g/mol. The van der Waals surface area contributed by atoms with Gasteiger partial charge in [-0.3, -0.25) is 4.90 Å². The highest BCUT2D eigenvalue weighted by molar-refractivity contribution is 6.06. The van der Waals surface area contributed by atoms with Gasteiger partial charge >= 0.3 is 0 Å². The smallest absolute Gasteiger partial charge is 0.229 e. The molecule has 8 rings (SSSR count). The first-order chi connectivity index (χ1) is 18.3. The second kappa shape index (κ2) is 7.67. The number of anilines is 3. The first-order valence-corrected chi connectivity index (χ1v) is 12.2. The van der Waals surface area contributed by atoms with Crippen LogP contribution in [0.15, 0.2) is 124 Å². The van der Waals surface area contributed by atoms with Gasteiger partial charge in [0.2, 0.25) is 5.71 Å². The van der Waals surface area contributed by atoms with Crippen LogP contribution in [0.2, 0.25) is 0 Å². The molecule has 0 saturated carbocycles. The van der Waals surface area contributed by atoms with Crippen molar-refractivity contribution < 1.29 is 8.83 Å². The van der Waals surface area contributed by atoms with Crippen LogP contribution in [0.4, 0.5) is 17.3 Å². The molecule has 0 bridgehead atoms. The number of hydrogen-bond acceptors (Lipinski definition) is 5. The Kier molecular flexibility index (Phi) is 4.16. The fourth-order valence-corrected chi connectivity index (χ4v) is 5.15. The first kappa shape index (κ1) is 20.1. The molecule has 0 atom stereocenters. The predicted octanol–water partition coefficient (Wildman–Crippen LogP) is 8.90. The summed E-state index contributed by atoms with van der Waals surface area (Å²) in [6.45, 7) is 0. The Bertz CT molecular complexity index is 2010. The number of hydrogen-bond donors (Lipinski definition) is 0. The minimum Gasteiger partial charge on any atom is -0.456 e. The SMILES string of the molecule is c1ccc2cc(N(c3cc4oc5ccccc5c4cn3)c3ccc4c(n3)oc3ccccc34)ccc2c1. The molecule has 0 N–H and O–H groups in total. The number of aromatic nitrogens is 2. The molecule has 5 heteroatoms. The molecular formula is C32H19N3O2. The molecule has 0 saturated heterocycles. The van der Waals surface area contributed by atoms with Crippen molar-refractivity contribution in [2.75, 3.05) is 4.90 Å². The lowest BCUT2D eigenvalue weighted by atomic mass is 10.1. The zero-order valence-electron chi connectivity index (χ0n) is 19.6. The van der Waals surface area contributed by atoms with Crippen molar-refractivity contribution in [1.82, 2.24) is 9.97 Å². The molecule has 4 aromatic carbocycles. The summed E-state index contributed by atoms with van der Waals surface area (Å²) in [5.41, 5.74) is 3.98. The normalized spacial score (nSPS) is 11.8. The molecule has 0 spiro atoms. The van der Waals surface area contributed by atoms with Gasteiger partial charge in [-0.25, -0.2) is 4.98 Å². The highest BCUT2D eigenvalue weighted by Crippen LogP contribution is 2.38. The molecular weight excluding hydrogens is 458 g/mol. The van der Waals surface area contributed by atoms with Crippen LogP contribution in [-0.4, -0.2) is 9.97 Å². The van der Waals surface area contributed by atoms with Crippen molar-refractivity contribution >= 4 is 72.1 Å². The molecule has 8 aromatic rings. The summed E-state index contributed by atoms with van der Waals surface area (Å²) < 4.78 is 12.3. The van der Waals surface area contributed by atoms with Gasteiger partial charge in [0.25, 0.3) is 0 Å². The molecule has 0 amide bonds. The van der Waals surface area contributed by atoms with E-state index in [0.29, 0.717) is 17.3 Å². The second-order valence-electron chi connectivity index (χ2n) is 9.12. The summed E-state index contributed by atoms with van der Waals surface area (Å²) in [7, 11) is 0. The predicted molar refractivity (Wildman–Crippen MR) is 149 cm³/mol. The molecule has 0 fully saturated rings. The lowest BCUT2D eigenvalue weighted by Crippen LogP contribution is -2.13. The molecule has 174 valence electrons. The third kappa shape index (κ3) is 3.11. The van der Waals surface area contributed by atoms with E-state index in [9.17, 15) is 0 Å². The van der Waals surface area contributed by atoms with Gasteiger partial charge < -0.3 is 8.83 Å². The van der Waals surface area contributed by atoms with Gasteiger partial charge in [0.15, 0.2) is 0 Å². The number of rotatable bonds is 3. The first-order valence-electron chi connectivity index (χ1n) is 12.2. The van der Waals surface area contributed by atoms with Gasteiger partial charge in [-0.2, -0.15) is 4.98 Å². The van der Waals surface area contributed by atoms with Crippen LogP contribution in [0.3, 0.4) is 0 Å². The van der Waals surface area contributed by atoms with Gasteiger partial charge in [-0.05, 0) is 47.2 Å². The highest BCUT2D eigenvalue weighted by atomic mass is 16.3. The Morgan fingerprint density at radius 1 is 0.514 bits per heavy atom. The fraction of sp³-hybridized carbons (Fsp3) is 0. The van der Waals surface area contributed by atoms with Crippen molar-refractivity contribution in [2.45, 2.75) is 0 Å². The van der Waals surface area contributed by atoms with E-state index in [2.05, 4.69) is 48.5 Å². The van der Waals surface area contributed by atoms with Crippen molar-refractivity contribution in [2.24, 2.45) is 0 Å². The molecule has 0 unspecified atom stereocenters. The third-order valence-corrected chi connectivity index (χ3v) is 6.93. The minimum absolute atomic E-state index is 0.592. The number of nitrogens with zero attached hydrogens (tertiary/aromatic N) is 3. The van der Waals surface area contributed by atoms with Gasteiger partial charge in [0.1, 0.15) is 28.4 Å². The zero-order chi connectivity index (χ0) is 24.3. The monoisotopic (exact) mass is 477 g/mol. The number of fused-ring (bicyclic) bond motifs is 7. The van der Waals surface area contributed by atoms with E-state index in [0.717, 1.165) is 49.4 Å². The Balaban J connectivity index is 1.37. The maximum Gasteiger partial charge on any atom is 0.229 e. The van der Waals surface area contributed by atoms with Crippen LogP contribution in [0.5, 0.6) is 0 Å². The summed E-state index contributed by atoms with van der Waals surface area (Å²) in [4.78, 5) is 11.9. The lowest BCUT2D eigenvalue weighted by molar-refractivity contribution is 0.654. The van der Waals surface area contributed by atoms with Gasteiger partial charge in [0, 0.05) is 39.5 Å². The molecule has 0 aliphatic carbocycles. The van der Waals surface area contributed by atoms with E-state index in [1.165, 1.54) is 5.39 Å². The summed E-state index contributed by atoms with van der Waals surface area (Å²) >= 11 is 0. The number of benzene rings is 4. The van der Waals surface area contributed by atoms with E-state index < -0.39 is 0 Å². The van der Waals surface area contributed by atoms with E-state index in [1.54, 1.807) is 0 Å². The molecule has 0 aliphatic heterocycles. The van der Waals surface area contributed by atoms with Crippen molar-refractivity contribution in [1.29, 1.82) is 0 Å². The maximum absolute atomic E-state index is 6.19. The number of para-hydroxylation sites is 2. The van der Waals surface area contributed by atoms with Crippen LogP contribution in [0, 0.1) is 0 Å². The standard InChI is InChI=1S/C32H19N3O2/c1-2-8-21-17-22(14-13-20(21)7-1)35(30-16-15-25-23-9-3-6-12-28(23)37-32(25)34-30)31-18-29-26(19-33-31)24-10-4-5-11-27(24)36-29/h1-19H. The fourth-order valence-electron chi connectivity index (χ4n) is 5.15. The van der Waals surface area contributed by atoms with E-state index >= 15 is 0 Å². The highest BCUT2D eigenvalue weighted by Gasteiger charge is 2.19. The van der Waals surface area contributed by atoms with Gasteiger partial charge in [-0.1, -0.05) is 66.7 Å². The van der Waals surface area contributed by atoms with Crippen LogP contribution in [-0.2, 0) is 0 Å². The summed E-state index contributed by atoms with van der Waals surface area (Å²) in [6, 6.07) is 36.8. The Labute approximate surface area is 211 Å². The van der Waals surface area contributed by atoms with E-state index in [1.807, 2.05) is 71.8 Å². The van der Waals surface area contributed by atoms with Crippen LogP contribution >= 0.6 is 0 Å². The molecule has 37 heavy (non-hydrogen) atoms. The van der Waals surface area contributed by atoms with Crippen LogP contribution in [0.25, 0.3) is 54.8 Å². The van der Waals surface area contributed by atoms with E-state index in [-0.39, 0.29) is 0 Å². The van der Waals surface area contributed by atoms with Crippen molar-refractivity contribution in [3.63, 3.8) is 0 Å². The number of pyridine rings is 2. The van der Waals surface area contributed by atoms with Gasteiger partial charge in [-0.15, -0.1) is 0 Å². The summed E-state index contributed by atoms with van der Waals surface area (Å²) in [5.74, 6) is 1.43. The third-order valence-electron chi connectivity index (χ3n) is 6.93. The van der Waals surface area contributed by atoms with Crippen LogP contribution < -0.4 is 4.90 Å². The molecule has 0 radical (unpaired) electrons. The lowest BCUT2D eigenvalue weighted by Gasteiger charge is -2.23. The Morgan fingerprint density at radius 3 is 2.11 bits per heavy atom. The molecule has 5 nitrogen and oxygen atoms in total. The quantitative estimate of drug-likeness (QED) is 0.254. The summed E-state index contributed by atoms with van der Waals surface area (Å²) in [6.07, 6.45) is 1.88. The Hall–Kier alpha value is -5.16. The number of furan rings is 2. The maximum atomic E-state index is 6.19. The van der Waals surface area contributed by atoms with Crippen LogP contribution in [0.1, 0.15) is 0 Å². The zero-order valence-corrected chi connectivity index (χ0v) is 19.6. The molecule has 4 heterocycles.